The first-order valence-corrected chi connectivity index (χ1v) is 6.04. The number of amides is 2. The van der Waals surface area contributed by atoms with E-state index in [2.05, 4.69) is 10.2 Å². The maximum atomic E-state index is 11.9. The molecule has 0 spiro atoms. The van der Waals surface area contributed by atoms with Crippen molar-refractivity contribution in [2.75, 3.05) is 33.2 Å². The van der Waals surface area contributed by atoms with Crippen LogP contribution >= 0.6 is 0 Å². The van der Waals surface area contributed by atoms with Crippen LogP contribution in [0.25, 0.3) is 0 Å². The van der Waals surface area contributed by atoms with Crippen LogP contribution in [0.4, 0.5) is 4.79 Å². The number of carbonyl (C=O) groups is 2. The lowest BCUT2D eigenvalue weighted by atomic mass is 10.2. The summed E-state index contributed by atoms with van der Waals surface area (Å²) < 4.78 is 0. The van der Waals surface area contributed by atoms with Gasteiger partial charge in [-0.3, -0.25) is 0 Å². The van der Waals surface area contributed by atoms with Crippen molar-refractivity contribution in [1.82, 2.24) is 15.1 Å². The van der Waals surface area contributed by atoms with Gasteiger partial charge >= 0.3 is 12.0 Å². The standard InChI is InChI=1S/C11H19N3O3/c1-13-4-6-14(7-5-13)11(17)12-9(10(15)16)8-2-3-8/h8-9H,2-7H2,1H3,(H,12,17)(H,15,16). The molecular formula is C11H19N3O3. The third-order valence-electron chi connectivity index (χ3n) is 3.43. The van der Waals surface area contributed by atoms with Crippen LogP contribution in [0.5, 0.6) is 0 Å². The summed E-state index contributed by atoms with van der Waals surface area (Å²) in [5.41, 5.74) is 0. The molecule has 96 valence electrons. The average Bonchev–Trinajstić information content (AvgIpc) is 3.10. The van der Waals surface area contributed by atoms with Crippen LogP contribution in [0, 0.1) is 5.92 Å². The van der Waals surface area contributed by atoms with E-state index in [-0.39, 0.29) is 11.9 Å². The number of nitrogens with one attached hydrogen (secondary N) is 1. The minimum Gasteiger partial charge on any atom is -0.480 e. The molecule has 2 rings (SSSR count). The first-order chi connectivity index (χ1) is 8.08. The van der Waals surface area contributed by atoms with Gasteiger partial charge in [0, 0.05) is 26.2 Å². The van der Waals surface area contributed by atoms with Gasteiger partial charge in [-0.2, -0.15) is 0 Å². The fourth-order valence-corrected chi connectivity index (χ4v) is 2.04. The van der Waals surface area contributed by atoms with E-state index in [9.17, 15) is 9.59 Å². The first-order valence-electron chi connectivity index (χ1n) is 6.04. The summed E-state index contributed by atoms with van der Waals surface area (Å²) >= 11 is 0. The fraction of sp³-hybridized carbons (Fsp3) is 0.818. The zero-order valence-corrected chi connectivity index (χ0v) is 10.1. The summed E-state index contributed by atoms with van der Waals surface area (Å²) in [6.45, 7) is 3.02. The molecule has 0 aromatic heterocycles. The van der Waals surface area contributed by atoms with Gasteiger partial charge in [0.05, 0.1) is 0 Å². The van der Waals surface area contributed by atoms with Crippen molar-refractivity contribution < 1.29 is 14.7 Å². The second kappa shape index (κ2) is 4.91. The molecule has 17 heavy (non-hydrogen) atoms. The molecular weight excluding hydrogens is 222 g/mol. The third-order valence-corrected chi connectivity index (χ3v) is 3.43. The van der Waals surface area contributed by atoms with Crippen LogP contribution in [0.1, 0.15) is 12.8 Å². The molecule has 1 unspecified atom stereocenters. The number of hydrogen-bond donors (Lipinski definition) is 2. The fourth-order valence-electron chi connectivity index (χ4n) is 2.04. The van der Waals surface area contributed by atoms with E-state index in [1.165, 1.54) is 0 Å². The molecule has 0 radical (unpaired) electrons. The van der Waals surface area contributed by atoms with E-state index in [1.54, 1.807) is 4.90 Å². The lowest BCUT2D eigenvalue weighted by Crippen LogP contribution is -2.54. The molecule has 6 nitrogen and oxygen atoms in total. The molecule has 2 fully saturated rings. The van der Waals surface area contributed by atoms with Gasteiger partial charge in [0.25, 0.3) is 0 Å². The van der Waals surface area contributed by atoms with Gasteiger partial charge in [0.15, 0.2) is 0 Å². The van der Waals surface area contributed by atoms with E-state index in [4.69, 9.17) is 5.11 Å². The SMILES string of the molecule is CN1CCN(C(=O)NC(C(=O)O)C2CC2)CC1. The van der Waals surface area contributed by atoms with Crippen LogP contribution < -0.4 is 5.32 Å². The van der Waals surface area contributed by atoms with Gasteiger partial charge < -0.3 is 20.2 Å². The van der Waals surface area contributed by atoms with Crippen LogP contribution in [-0.4, -0.2) is 66.2 Å². The molecule has 1 saturated carbocycles. The summed E-state index contributed by atoms with van der Waals surface area (Å²) in [6.07, 6.45) is 1.81. The highest BCUT2D eigenvalue weighted by Gasteiger charge is 2.38. The second-order valence-electron chi connectivity index (χ2n) is 4.89. The zero-order chi connectivity index (χ0) is 12.4. The summed E-state index contributed by atoms with van der Waals surface area (Å²) in [5.74, 6) is -0.793. The number of aliphatic carboxylic acids is 1. The van der Waals surface area contributed by atoms with Gasteiger partial charge in [-0.15, -0.1) is 0 Å². The van der Waals surface area contributed by atoms with Crippen LogP contribution in [-0.2, 0) is 4.79 Å². The molecule has 1 aliphatic heterocycles. The third kappa shape index (κ3) is 3.09. The monoisotopic (exact) mass is 241 g/mol. The van der Waals surface area contributed by atoms with Crippen LogP contribution in [0.3, 0.4) is 0 Å². The summed E-state index contributed by atoms with van der Waals surface area (Å²) in [7, 11) is 2.01. The summed E-state index contributed by atoms with van der Waals surface area (Å²) in [4.78, 5) is 26.7. The first kappa shape index (κ1) is 12.2. The number of rotatable bonds is 3. The minimum absolute atomic E-state index is 0.129. The normalized spacial score (nSPS) is 23.2. The van der Waals surface area contributed by atoms with Gasteiger partial charge in [0.2, 0.25) is 0 Å². The van der Waals surface area contributed by atoms with Gasteiger partial charge in [0.1, 0.15) is 6.04 Å². The Morgan fingerprint density at radius 3 is 2.29 bits per heavy atom. The number of likely N-dealkylation sites (N-methyl/N-ethyl adjacent to an activating group) is 1. The highest BCUT2D eigenvalue weighted by atomic mass is 16.4. The van der Waals surface area contributed by atoms with Crippen molar-refractivity contribution in [3.63, 3.8) is 0 Å². The summed E-state index contributed by atoms with van der Waals surface area (Å²) in [6, 6.07) is -0.945. The molecule has 1 aliphatic carbocycles. The Morgan fingerprint density at radius 1 is 1.24 bits per heavy atom. The molecule has 2 N–H and O–H groups in total. The number of carboxylic acid groups (broad SMARTS) is 1. The number of hydrogen-bond acceptors (Lipinski definition) is 3. The largest absolute Gasteiger partial charge is 0.480 e. The van der Waals surface area contributed by atoms with Crippen molar-refractivity contribution in [3.05, 3.63) is 0 Å². The van der Waals surface area contributed by atoms with Crippen molar-refractivity contribution in [2.24, 2.45) is 5.92 Å². The number of carboxylic acids is 1. The smallest absolute Gasteiger partial charge is 0.326 e. The van der Waals surface area contributed by atoms with Gasteiger partial charge in [-0.25, -0.2) is 9.59 Å². The van der Waals surface area contributed by atoms with Crippen molar-refractivity contribution in [1.29, 1.82) is 0 Å². The van der Waals surface area contributed by atoms with Gasteiger partial charge in [-0.05, 0) is 25.8 Å². The molecule has 1 heterocycles. The molecule has 2 amide bonds. The Bertz CT molecular complexity index is 309. The maximum Gasteiger partial charge on any atom is 0.326 e. The lowest BCUT2D eigenvalue weighted by Gasteiger charge is -2.33. The molecule has 2 aliphatic rings. The van der Waals surface area contributed by atoms with E-state index >= 15 is 0 Å². The predicted octanol–water partition coefficient (Wildman–Crippen LogP) is -0.193. The highest BCUT2D eigenvalue weighted by Crippen LogP contribution is 2.32. The van der Waals surface area contributed by atoms with E-state index in [1.807, 2.05) is 7.05 Å². The van der Waals surface area contributed by atoms with E-state index in [0.717, 1.165) is 25.9 Å². The quantitative estimate of drug-likeness (QED) is 0.718. The minimum atomic E-state index is -0.921. The molecule has 1 saturated heterocycles. The van der Waals surface area contributed by atoms with Crippen LogP contribution in [0.15, 0.2) is 0 Å². The van der Waals surface area contributed by atoms with Crippen molar-refractivity contribution in [2.45, 2.75) is 18.9 Å². The lowest BCUT2D eigenvalue weighted by molar-refractivity contribution is -0.139. The molecule has 0 bridgehead atoms. The molecule has 0 aromatic carbocycles. The van der Waals surface area contributed by atoms with Crippen molar-refractivity contribution in [3.8, 4) is 0 Å². The van der Waals surface area contributed by atoms with E-state index in [0.29, 0.717) is 13.1 Å². The topological polar surface area (TPSA) is 72.9 Å². The zero-order valence-electron chi connectivity index (χ0n) is 10.1. The Morgan fingerprint density at radius 2 is 1.82 bits per heavy atom. The second-order valence-corrected chi connectivity index (χ2v) is 4.89. The number of carbonyl (C=O) groups excluding carboxylic acids is 1. The predicted molar refractivity (Wildman–Crippen MR) is 61.7 cm³/mol. The molecule has 6 heteroatoms. The van der Waals surface area contributed by atoms with Crippen molar-refractivity contribution >= 4 is 12.0 Å². The van der Waals surface area contributed by atoms with E-state index < -0.39 is 12.0 Å². The Hall–Kier alpha value is -1.30. The number of urea groups is 1. The van der Waals surface area contributed by atoms with Gasteiger partial charge in [-0.1, -0.05) is 0 Å². The highest BCUT2D eigenvalue weighted by molar-refractivity contribution is 5.83. The summed E-state index contributed by atoms with van der Waals surface area (Å²) in [5, 5.41) is 11.7. The maximum absolute atomic E-state index is 11.9. The Kier molecular flexibility index (Phi) is 3.51. The number of nitrogens with zero attached hydrogens (tertiary/aromatic N) is 2. The average molecular weight is 241 g/mol. The van der Waals surface area contributed by atoms with Crippen LogP contribution in [0.2, 0.25) is 0 Å². The molecule has 1 atom stereocenters. The Labute approximate surface area is 101 Å². The molecule has 0 aromatic rings. The number of piperazine rings is 1. The Balaban J connectivity index is 1.85.